The molecule has 188 valence electrons. The summed E-state index contributed by atoms with van der Waals surface area (Å²) < 4.78 is 7.36. The van der Waals surface area contributed by atoms with Gasteiger partial charge in [-0.25, -0.2) is 0 Å². The molecule has 0 aromatic heterocycles. The third-order valence-electron chi connectivity index (χ3n) is 6.87. The van der Waals surface area contributed by atoms with Crippen molar-refractivity contribution in [3.8, 4) is 11.5 Å². The zero-order valence-corrected chi connectivity index (χ0v) is 23.0. The molecule has 0 radical (unpaired) electrons. The van der Waals surface area contributed by atoms with Gasteiger partial charge in [0.05, 0.1) is 0 Å². The molecule has 0 aliphatic rings. The van der Waals surface area contributed by atoms with E-state index in [2.05, 4.69) is 36.4 Å². The summed E-state index contributed by atoms with van der Waals surface area (Å²) in [5.74, 6) is 0.436. The van der Waals surface area contributed by atoms with Crippen molar-refractivity contribution in [1.29, 1.82) is 0 Å². The molecule has 0 saturated carbocycles. The van der Waals surface area contributed by atoms with Crippen molar-refractivity contribution in [2.75, 3.05) is 0 Å². The van der Waals surface area contributed by atoms with E-state index in [1.165, 1.54) is 0 Å². The molecule has 2 N–H and O–H groups in total. The summed E-state index contributed by atoms with van der Waals surface area (Å²) in [6.07, 6.45) is 0.462. The van der Waals surface area contributed by atoms with Gasteiger partial charge in [-0.3, -0.25) is 0 Å². The fourth-order valence-electron chi connectivity index (χ4n) is 5.03. The number of hydrogen-bond acceptors (Lipinski definition) is 3. The number of para-hydroxylation sites is 2. The molecule has 0 spiro atoms. The molecule has 5 heteroatoms. The van der Waals surface area contributed by atoms with Gasteiger partial charge in [-0.05, 0) is 0 Å². The molecule has 0 saturated heterocycles. The van der Waals surface area contributed by atoms with Gasteiger partial charge >= 0.3 is 212 Å². The Hall–Kier alpha value is -3.43. The fourth-order valence-corrected chi connectivity index (χ4v) is 10.8. The van der Waals surface area contributed by atoms with E-state index < -0.39 is 6.83 Å². The summed E-state index contributed by atoms with van der Waals surface area (Å²) in [7, 11) is 0. The van der Waals surface area contributed by atoms with Gasteiger partial charge in [0.2, 0.25) is 0 Å². The standard InChI is InChI=1S/C32H29O3P.BrH/c33-31-22-12-10-14-26(31)24-35-36(28-16-4-1-5-17-28,29-18-6-2-7-19-29,30-20-8-3-9-21-30)25-27-15-11-13-23-32(27)34;/h1-23,33-34H,24-25H2;1H. The van der Waals surface area contributed by atoms with Crippen LogP contribution in [0.1, 0.15) is 11.1 Å². The Labute approximate surface area is 228 Å². The number of aromatic hydroxyl groups is 2. The molecule has 0 aliphatic carbocycles. The Bertz CT molecular complexity index is 1340. The zero-order chi connectivity index (χ0) is 24.9. The first-order valence-corrected chi connectivity index (χ1v) is 14.3. The zero-order valence-electron chi connectivity index (χ0n) is 20.4. The molecule has 5 aromatic carbocycles. The van der Waals surface area contributed by atoms with Crippen LogP contribution in [0.3, 0.4) is 0 Å². The second kappa shape index (κ2) is 11.3. The summed E-state index contributed by atoms with van der Waals surface area (Å²) in [6, 6.07) is 45.8. The second-order valence-electron chi connectivity index (χ2n) is 8.91. The van der Waals surface area contributed by atoms with Crippen LogP contribution < -0.4 is 15.9 Å². The van der Waals surface area contributed by atoms with Gasteiger partial charge < -0.3 is 0 Å². The summed E-state index contributed by atoms with van der Waals surface area (Å²) >= 11 is 0. The first kappa shape index (κ1) is 26.6. The van der Waals surface area contributed by atoms with Gasteiger partial charge in [-0.1, -0.05) is 0 Å². The van der Waals surface area contributed by atoms with E-state index in [9.17, 15) is 10.2 Å². The number of halogens is 1. The Morgan fingerprint density at radius 2 is 0.811 bits per heavy atom. The first-order valence-electron chi connectivity index (χ1n) is 12.0. The van der Waals surface area contributed by atoms with E-state index in [1.54, 1.807) is 12.1 Å². The molecule has 0 bridgehead atoms. The van der Waals surface area contributed by atoms with Crippen molar-refractivity contribution in [1.82, 2.24) is 0 Å². The van der Waals surface area contributed by atoms with E-state index in [-0.39, 0.29) is 35.1 Å². The van der Waals surface area contributed by atoms with Crippen molar-refractivity contribution >= 4 is 39.7 Å². The molecule has 0 unspecified atom stereocenters. The second-order valence-corrected chi connectivity index (χ2v) is 13.5. The molecule has 0 fully saturated rings. The predicted molar refractivity (Wildman–Crippen MR) is 160 cm³/mol. The number of benzene rings is 5. The van der Waals surface area contributed by atoms with Crippen molar-refractivity contribution in [2.24, 2.45) is 0 Å². The Balaban J connectivity index is 0.00000320. The van der Waals surface area contributed by atoms with E-state index >= 15 is 0 Å². The van der Waals surface area contributed by atoms with Gasteiger partial charge in [-0.2, -0.15) is 0 Å². The molecule has 0 amide bonds. The Morgan fingerprint density at radius 3 is 1.22 bits per heavy atom. The fraction of sp³-hybridized carbons (Fsp3) is 0.0625. The number of phenols is 2. The summed E-state index contributed by atoms with van der Waals surface area (Å²) in [5, 5.41) is 24.8. The van der Waals surface area contributed by atoms with Crippen LogP contribution in [0.5, 0.6) is 11.5 Å². The van der Waals surface area contributed by atoms with Gasteiger partial charge in [-0.15, -0.1) is 17.0 Å². The Morgan fingerprint density at radius 1 is 0.459 bits per heavy atom. The quantitative estimate of drug-likeness (QED) is 0.200. The number of phenolic OH excluding ortho intramolecular Hbond substituents is 2. The normalized spacial score (nSPS) is 12.2. The molecule has 0 heterocycles. The van der Waals surface area contributed by atoms with Crippen LogP contribution in [-0.2, 0) is 17.3 Å². The molecule has 0 aliphatic heterocycles. The molecular weight excluding hydrogens is 543 g/mol. The molecule has 0 atom stereocenters. The third kappa shape index (κ3) is 4.81. The number of hydrogen-bond donors (Lipinski definition) is 2. The maximum absolute atomic E-state index is 11.0. The van der Waals surface area contributed by atoms with Crippen LogP contribution in [0.4, 0.5) is 0 Å². The Kier molecular flexibility index (Phi) is 8.14. The minimum absolute atomic E-state index is 0. The van der Waals surface area contributed by atoms with E-state index in [0.717, 1.165) is 21.5 Å². The monoisotopic (exact) mass is 572 g/mol. The summed E-state index contributed by atoms with van der Waals surface area (Å²) in [5.41, 5.74) is 1.52. The van der Waals surface area contributed by atoms with E-state index in [0.29, 0.717) is 11.7 Å². The van der Waals surface area contributed by atoms with Crippen LogP contribution in [0, 0.1) is 0 Å². The minimum atomic E-state index is -3.75. The van der Waals surface area contributed by atoms with Crippen molar-refractivity contribution in [3.63, 3.8) is 0 Å². The SMILES string of the molecule is Br.Oc1ccccc1COP(Cc1ccccc1O)(c1ccccc1)(c1ccccc1)c1ccccc1. The van der Waals surface area contributed by atoms with Crippen molar-refractivity contribution in [3.05, 3.63) is 151 Å². The van der Waals surface area contributed by atoms with E-state index in [1.807, 2.05) is 91.0 Å². The third-order valence-corrected chi connectivity index (χ3v) is 12.7. The summed E-state index contributed by atoms with van der Waals surface area (Å²) in [4.78, 5) is 0. The molecular formula is C32H30BrO3P. The molecule has 5 rings (SSSR count). The van der Waals surface area contributed by atoms with Gasteiger partial charge in [0.15, 0.2) is 0 Å². The average Bonchev–Trinajstić information content (AvgIpc) is 2.95. The van der Waals surface area contributed by atoms with Crippen LogP contribution >= 0.6 is 23.8 Å². The predicted octanol–water partition coefficient (Wildman–Crippen LogP) is 6.84. The number of rotatable bonds is 8. The van der Waals surface area contributed by atoms with Gasteiger partial charge in [0, 0.05) is 0 Å². The molecule has 3 nitrogen and oxygen atoms in total. The molecule has 5 aromatic rings. The van der Waals surface area contributed by atoms with Gasteiger partial charge in [0.25, 0.3) is 0 Å². The van der Waals surface area contributed by atoms with Crippen LogP contribution in [-0.4, -0.2) is 10.2 Å². The van der Waals surface area contributed by atoms with Crippen LogP contribution in [0.25, 0.3) is 0 Å². The first-order chi connectivity index (χ1) is 17.6. The molecule has 37 heavy (non-hydrogen) atoms. The van der Waals surface area contributed by atoms with Crippen LogP contribution in [0.15, 0.2) is 140 Å². The summed E-state index contributed by atoms with van der Waals surface area (Å²) in [6.45, 7) is -3.55. The van der Waals surface area contributed by atoms with Crippen molar-refractivity contribution < 1.29 is 14.7 Å². The topological polar surface area (TPSA) is 49.7 Å². The van der Waals surface area contributed by atoms with Crippen LogP contribution in [0.2, 0.25) is 0 Å². The van der Waals surface area contributed by atoms with E-state index in [4.69, 9.17) is 4.52 Å². The van der Waals surface area contributed by atoms with Gasteiger partial charge in [0.1, 0.15) is 0 Å². The van der Waals surface area contributed by atoms with Crippen molar-refractivity contribution in [2.45, 2.75) is 12.8 Å². The average molecular weight is 573 g/mol. The maximum atomic E-state index is 11.0.